The zero-order valence-corrected chi connectivity index (χ0v) is 9.02. The van der Waals surface area contributed by atoms with Gasteiger partial charge in [0.2, 0.25) is 0 Å². The molecule has 0 aliphatic carbocycles. The van der Waals surface area contributed by atoms with E-state index in [1.807, 2.05) is 18.2 Å². The Bertz CT molecular complexity index is 479. The summed E-state index contributed by atoms with van der Waals surface area (Å²) in [5.74, 6) is 0.473. The van der Waals surface area contributed by atoms with E-state index in [1.54, 1.807) is 6.20 Å². The summed E-state index contributed by atoms with van der Waals surface area (Å²) in [5, 5.41) is 18.0. The van der Waals surface area contributed by atoms with Crippen LogP contribution in [0.3, 0.4) is 0 Å². The van der Waals surface area contributed by atoms with E-state index in [1.165, 1.54) is 18.5 Å². The summed E-state index contributed by atoms with van der Waals surface area (Å²) in [5.41, 5.74) is 1.09. The first-order valence-electron chi connectivity index (χ1n) is 5.09. The van der Waals surface area contributed by atoms with Crippen LogP contribution in [-0.4, -0.2) is 27.1 Å². The fourth-order valence-corrected chi connectivity index (χ4v) is 1.30. The van der Waals surface area contributed by atoms with Crippen molar-refractivity contribution in [2.75, 3.05) is 0 Å². The normalized spacial score (nSPS) is 10.0. The minimum atomic E-state index is -1.54. The molecule has 6 heteroatoms. The van der Waals surface area contributed by atoms with Crippen molar-refractivity contribution in [2.24, 2.45) is 0 Å². The number of rotatable bonds is 4. The van der Waals surface area contributed by atoms with E-state index < -0.39 is 7.12 Å². The molecule has 0 spiro atoms. The molecule has 0 saturated carbocycles. The van der Waals surface area contributed by atoms with Crippen LogP contribution in [0.1, 0.15) is 5.69 Å². The van der Waals surface area contributed by atoms with Crippen LogP contribution < -0.4 is 10.2 Å². The summed E-state index contributed by atoms with van der Waals surface area (Å²) < 4.78 is 5.44. The van der Waals surface area contributed by atoms with E-state index in [4.69, 9.17) is 14.8 Å². The quantitative estimate of drug-likeness (QED) is 0.707. The smallest absolute Gasteiger partial charge is 0.486 e. The van der Waals surface area contributed by atoms with Crippen LogP contribution in [0.15, 0.2) is 42.9 Å². The Balaban J connectivity index is 2.02. The highest BCUT2D eigenvalue weighted by Gasteiger charge is 2.11. The van der Waals surface area contributed by atoms with Crippen LogP contribution in [-0.2, 0) is 6.61 Å². The first-order chi connectivity index (χ1) is 8.25. The Kier molecular flexibility index (Phi) is 3.69. The lowest BCUT2D eigenvalue weighted by atomic mass is 9.82. The molecule has 0 saturated heterocycles. The summed E-state index contributed by atoms with van der Waals surface area (Å²) in [7, 11) is -1.54. The molecule has 0 atom stereocenters. The van der Waals surface area contributed by atoms with Gasteiger partial charge in [-0.3, -0.25) is 9.97 Å². The SMILES string of the molecule is OB(O)c1cncc(OCc2ccccn2)c1. The van der Waals surface area contributed by atoms with Gasteiger partial charge in [0.25, 0.3) is 0 Å². The van der Waals surface area contributed by atoms with Gasteiger partial charge in [-0.05, 0) is 18.2 Å². The largest absolute Gasteiger partial charge is 0.490 e. The first kappa shape index (κ1) is 11.6. The van der Waals surface area contributed by atoms with Crippen molar-refractivity contribution in [3.05, 3.63) is 48.5 Å². The lowest BCUT2D eigenvalue weighted by Gasteiger charge is -2.06. The van der Waals surface area contributed by atoms with Crippen molar-refractivity contribution in [3.63, 3.8) is 0 Å². The van der Waals surface area contributed by atoms with E-state index in [2.05, 4.69) is 9.97 Å². The second kappa shape index (κ2) is 5.42. The Labute approximate surface area is 98.9 Å². The molecule has 2 N–H and O–H groups in total. The molecule has 2 aromatic rings. The molecule has 0 aliphatic heterocycles. The molecular formula is C11H11BN2O3. The molecule has 0 aromatic carbocycles. The molecule has 17 heavy (non-hydrogen) atoms. The van der Waals surface area contributed by atoms with Crippen LogP contribution in [0.2, 0.25) is 0 Å². The summed E-state index contributed by atoms with van der Waals surface area (Å²) in [6.07, 6.45) is 4.57. The van der Waals surface area contributed by atoms with Crippen molar-refractivity contribution in [2.45, 2.75) is 6.61 Å². The second-order valence-electron chi connectivity index (χ2n) is 3.44. The average molecular weight is 230 g/mol. The third-order valence-corrected chi connectivity index (χ3v) is 2.15. The molecule has 86 valence electrons. The fraction of sp³-hybridized carbons (Fsp3) is 0.0909. The number of nitrogens with zero attached hydrogens (tertiary/aromatic N) is 2. The van der Waals surface area contributed by atoms with Crippen molar-refractivity contribution in [3.8, 4) is 5.75 Å². The van der Waals surface area contributed by atoms with Gasteiger partial charge in [-0.1, -0.05) is 6.07 Å². The van der Waals surface area contributed by atoms with Gasteiger partial charge < -0.3 is 14.8 Å². The molecule has 0 fully saturated rings. The highest BCUT2D eigenvalue weighted by Crippen LogP contribution is 2.08. The van der Waals surface area contributed by atoms with Crippen molar-refractivity contribution in [1.82, 2.24) is 9.97 Å². The van der Waals surface area contributed by atoms with Crippen LogP contribution in [0.4, 0.5) is 0 Å². The summed E-state index contributed by atoms with van der Waals surface area (Å²) in [6, 6.07) is 7.07. The highest BCUT2D eigenvalue weighted by atomic mass is 16.5. The predicted octanol–water partition coefficient (Wildman–Crippen LogP) is -0.265. The number of hydrogen-bond donors (Lipinski definition) is 2. The number of hydrogen-bond acceptors (Lipinski definition) is 5. The number of aromatic nitrogens is 2. The van der Waals surface area contributed by atoms with Crippen molar-refractivity contribution >= 4 is 12.6 Å². The summed E-state index contributed by atoms with van der Waals surface area (Å²) in [6.45, 7) is 0.313. The van der Waals surface area contributed by atoms with E-state index in [9.17, 15) is 0 Å². The number of ether oxygens (including phenoxy) is 1. The van der Waals surface area contributed by atoms with Crippen molar-refractivity contribution in [1.29, 1.82) is 0 Å². The zero-order chi connectivity index (χ0) is 12.1. The predicted molar refractivity (Wildman–Crippen MR) is 62.6 cm³/mol. The topological polar surface area (TPSA) is 75.5 Å². The second-order valence-corrected chi connectivity index (χ2v) is 3.44. The lowest BCUT2D eigenvalue weighted by molar-refractivity contribution is 0.300. The molecule has 2 aromatic heterocycles. The maximum atomic E-state index is 8.98. The van der Waals surface area contributed by atoms with Gasteiger partial charge in [0.1, 0.15) is 12.4 Å². The Morgan fingerprint density at radius 2 is 2.12 bits per heavy atom. The van der Waals surface area contributed by atoms with Gasteiger partial charge >= 0.3 is 7.12 Å². The zero-order valence-electron chi connectivity index (χ0n) is 9.02. The molecule has 0 amide bonds. The first-order valence-corrected chi connectivity index (χ1v) is 5.09. The molecular weight excluding hydrogens is 219 g/mol. The number of pyridine rings is 2. The minimum absolute atomic E-state index is 0.295. The Morgan fingerprint density at radius 1 is 1.24 bits per heavy atom. The third-order valence-electron chi connectivity index (χ3n) is 2.15. The van der Waals surface area contributed by atoms with Gasteiger partial charge in [-0.15, -0.1) is 0 Å². The van der Waals surface area contributed by atoms with E-state index in [-0.39, 0.29) is 0 Å². The Hall–Kier alpha value is -1.92. The minimum Gasteiger partial charge on any atom is -0.486 e. The van der Waals surface area contributed by atoms with Gasteiger partial charge in [0, 0.05) is 17.9 Å². The van der Waals surface area contributed by atoms with Gasteiger partial charge in [-0.25, -0.2) is 0 Å². The van der Waals surface area contributed by atoms with Crippen LogP contribution in [0, 0.1) is 0 Å². The molecule has 0 aliphatic rings. The standard InChI is InChI=1S/C11H11BN2O3/c15-12(16)9-5-11(7-13-6-9)17-8-10-3-1-2-4-14-10/h1-7,15-16H,8H2. The van der Waals surface area contributed by atoms with Gasteiger partial charge in [0.15, 0.2) is 0 Å². The third kappa shape index (κ3) is 3.27. The fourth-order valence-electron chi connectivity index (χ4n) is 1.30. The van der Waals surface area contributed by atoms with E-state index >= 15 is 0 Å². The van der Waals surface area contributed by atoms with E-state index in [0.717, 1.165) is 5.69 Å². The maximum Gasteiger partial charge on any atom is 0.490 e. The monoisotopic (exact) mass is 230 g/mol. The molecule has 5 nitrogen and oxygen atoms in total. The Morgan fingerprint density at radius 3 is 2.82 bits per heavy atom. The summed E-state index contributed by atoms with van der Waals surface area (Å²) in [4.78, 5) is 7.96. The van der Waals surface area contributed by atoms with Gasteiger partial charge in [-0.2, -0.15) is 0 Å². The summed E-state index contributed by atoms with van der Waals surface area (Å²) >= 11 is 0. The van der Waals surface area contributed by atoms with Crippen LogP contribution >= 0.6 is 0 Å². The van der Waals surface area contributed by atoms with Crippen LogP contribution in [0.25, 0.3) is 0 Å². The van der Waals surface area contributed by atoms with Crippen molar-refractivity contribution < 1.29 is 14.8 Å². The molecule has 0 radical (unpaired) electrons. The average Bonchev–Trinajstić information content (AvgIpc) is 2.38. The maximum absolute atomic E-state index is 8.98. The molecule has 2 rings (SSSR count). The van der Waals surface area contributed by atoms with E-state index in [0.29, 0.717) is 17.8 Å². The lowest BCUT2D eigenvalue weighted by Crippen LogP contribution is -2.30. The molecule has 0 bridgehead atoms. The molecule has 2 heterocycles. The highest BCUT2D eigenvalue weighted by molar-refractivity contribution is 6.58. The molecule has 0 unspecified atom stereocenters. The van der Waals surface area contributed by atoms with Crippen LogP contribution in [0.5, 0.6) is 5.75 Å². The van der Waals surface area contributed by atoms with Gasteiger partial charge in [0.05, 0.1) is 11.9 Å².